The second-order valence-corrected chi connectivity index (χ2v) is 6.12. The first-order valence-electron chi connectivity index (χ1n) is 7.77. The number of nitrogens with two attached hydrogens (primary N) is 1. The van der Waals surface area contributed by atoms with E-state index in [0.29, 0.717) is 40.5 Å². The van der Waals surface area contributed by atoms with E-state index in [1.165, 1.54) is 0 Å². The quantitative estimate of drug-likeness (QED) is 0.443. The Kier molecular flexibility index (Phi) is 4.87. The van der Waals surface area contributed by atoms with E-state index >= 15 is 0 Å². The number of rotatable bonds is 3. The molecule has 3 rings (SSSR count). The molecule has 130 valence electrons. The van der Waals surface area contributed by atoms with E-state index in [4.69, 9.17) is 21.9 Å². The number of aryl methyl sites for hydroxylation is 1. The fraction of sp³-hybridized carbons (Fsp3) is 0.235. The highest BCUT2D eigenvalue weighted by atomic mass is 35.5. The van der Waals surface area contributed by atoms with Gasteiger partial charge in [0.05, 0.1) is 5.71 Å². The SMILES string of the molecule is Cc1c(C(=O)NN)oc2c1/C(=N/NC(=O)c1ccc(Cl)cc1)CCC2. The molecule has 1 aromatic heterocycles. The van der Waals surface area contributed by atoms with Gasteiger partial charge in [-0.25, -0.2) is 11.3 Å². The Labute approximate surface area is 149 Å². The number of hydrogen-bond acceptors (Lipinski definition) is 5. The van der Waals surface area contributed by atoms with Gasteiger partial charge in [-0.15, -0.1) is 0 Å². The number of nitrogens with zero attached hydrogens (tertiary/aromatic N) is 1. The Morgan fingerprint density at radius 1 is 1.20 bits per heavy atom. The second kappa shape index (κ2) is 7.08. The van der Waals surface area contributed by atoms with Crippen molar-refractivity contribution in [2.45, 2.75) is 26.2 Å². The summed E-state index contributed by atoms with van der Waals surface area (Å²) in [5.41, 5.74) is 7.18. The van der Waals surface area contributed by atoms with E-state index in [2.05, 4.69) is 16.0 Å². The summed E-state index contributed by atoms with van der Waals surface area (Å²) >= 11 is 5.82. The van der Waals surface area contributed by atoms with Crippen molar-refractivity contribution in [2.75, 3.05) is 0 Å². The van der Waals surface area contributed by atoms with Crippen molar-refractivity contribution in [3.63, 3.8) is 0 Å². The number of benzene rings is 1. The van der Waals surface area contributed by atoms with Crippen molar-refractivity contribution >= 4 is 29.1 Å². The van der Waals surface area contributed by atoms with Crippen LogP contribution >= 0.6 is 11.6 Å². The minimum absolute atomic E-state index is 0.172. The van der Waals surface area contributed by atoms with Crippen LogP contribution < -0.4 is 16.7 Å². The van der Waals surface area contributed by atoms with Crippen LogP contribution in [-0.4, -0.2) is 17.5 Å². The normalized spacial score (nSPS) is 14.9. The fourth-order valence-electron chi connectivity index (χ4n) is 2.85. The number of hydrogen-bond donors (Lipinski definition) is 3. The molecular formula is C17H17ClN4O3. The number of carbonyl (C=O) groups excluding carboxylic acids is 2. The lowest BCUT2D eigenvalue weighted by Gasteiger charge is -2.13. The van der Waals surface area contributed by atoms with Gasteiger partial charge in [0.2, 0.25) is 0 Å². The molecular weight excluding hydrogens is 344 g/mol. The molecule has 2 amide bonds. The van der Waals surface area contributed by atoms with Crippen LogP contribution in [-0.2, 0) is 6.42 Å². The van der Waals surface area contributed by atoms with E-state index < -0.39 is 5.91 Å². The Morgan fingerprint density at radius 2 is 1.92 bits per heavy atom. The van der Waals surface area contributed by atoms with E-state index in [1.54, 1.807) is 31.2 Å². The highest BCUT2D eigenvalue weighted by Crippen LogP contribution is 2.29. The van der Waals surface area contributed by atoms with Crippen LogP contribution in [0.15, 0.2) is 33.8 Å². The highest BCUT2D eigenvalue weighted by molar-refractivity contribution is 6.30. The van der Waals surface area contributed by atoms with Gasteiger partial charge in [0.1, 0.15) is 5.76 Å². The van der Waals surface area contributed by atoms with Gasteiger partial charge in [0.15, 0.2) is 5.76 Å². The fourth-order valence-corrected chi connectivity index (χ4v) is 2.97. The number of carbonyl (C=O) groups is 2. The first kappa shape index (κ1) is 17.2. The summed E-state index contributed by atoms with van der Waals surface area (Å²) < 4.78 is 5.62. The van der Waals surface area contributed by atoms with Crippen molar-refractivity contribution in [1.29, 1.82) is 0 Å². The predicted octanol–water partition coefficient (Wildman–Crippen LogP) is 2.32. The minimum Gasteiger partial charge on any atom is -0.455 e. The van der Waals surface area contributed by atoms with Gasteiger partial charge in [-0.05, 0) is 44.0 Å². The number of furan rings is 1. The number of nitrogens with one attached hydrogen (secondary N) is 2. The second-order valence-electron chi connectivity index (χ2n) is 5.69. The molecule has 0 fully saturated rings. The molecule has 0 spiro atoms. The Hall–Kier alpha value is -2.64. The van der Waals surface area contributed by atoms with Crippen LogP contribution in [0.1, 0.15) is 50.6 Å². The van der Waals surface area contributed by atoms with E-state index in [-0.39, 0.29) is 11.7 Å². The maximum Gasteiger partial charge on any atom is 0.301 e. The molecule has 4 N–H and O–H groups in total. The van der Waals surface area contributed by atoms with Crippen molar-refractivity contribution in [2.24, 2.45) is 10.9 Å². The summed E-state index contributed by atoms with van der Waals surface area (Å²) in [6, 6.07) is 6.52. The monoisotopic (exact) mass is 360 g/mol. The molecule has 1 heterocycles. The van der Waals surface area contributed by atoms with Crippen LogP contribution in [0, 0.1) is 6.92 Å². The Balaban J connectivity index is 1.86. The number of fused-ring (bicyclic) bond motifs is 1. The Bertz CT molecular complexity index is 856. The summed E-state index contributed by atoms with van der Waals surface area (Å²) in [5.74, 6) is 5.21. The van der Waals surface area contributed by atoms with Gasteiger partial charge in [-0.2, -0.15) is 5.10 Å². The molecule has 0 atom stereocenters. The molecule has 0 bridgehead atoms. The smallest absolute Gasteiger partial charge is 0.301 e. The Morgan fingerprint density at radius 3 is 2.60 bits per heavy atom. The molecule has 0 unspecified atom stereocenters. The molecule has 1 aliphatic rings. The summed E-state index contributed by atoms with van der Waals surface area (Å²) in [4.78, 5) is 24.0. The van der Waals surface area contributed by atoms with Crippen molar-refractivity contribution in [3.05, 3.63) is 57.5 Å². The first-order chi connectivity index (χ1) is 12.0. The third-order valence-electron chi connectivity index (χ3n) is 4.06. The van der Waals surface area contributed by atoms with E-state index in [0.717, 1.165) is 12.0 Å². The van der Waals surface area contributed by atoms with Crippen LogP contribution in [0.25, 0.3) is 0 Å². The molecule has 0 radical (unpaired) electrons. The van der Waals surface area contributed by atoms with Gasteiger partial charge < -0.3 is 4.42 Å². The molecule has 0 aliphatic heterocycles. The maximum absolute atomic E-state index is 12.2. The topological polar surface area (TPSA) is 110 Å². The van der Waals surface area contributed by atoms with Gasteiger partial charge in [0, 0.05) is 28.1 Å². The van der Waals surface area contributed by atoms with E-state index in [9.17, 15) is 9.59 Å². The summed E-state index contributed by atoms with van der Waals surface area (Å²) in [5, 5.41) is 4.80. The molecule has 25 heavy (non-hydrogen) atoms. The summed E-state index contributed by atoms with van der Waals surface area (Å²) in [7, 11) is 0. The zero-order chi connectivity index (χ0) is 18.0. The van der Waals surface area contributed by atoms with Crippen LogP contribution in [0.4, 0.5) is 0 Å². The zero-order valence-corrected chi connectivity index (χ0v) is 14.3. The summed E-state index contributed by atoms with van der Waals surface area (Å²) in [6.45, 7) is 1.77. The number of hydrazone groups is 1. The number of hydrazine groups is 1. The average Bonchev–Trinajstić information content (AvgIpc) is 2.97. The lowest BCUT2D eigenvalue weighted by molar-refractivity contribution is 0.0921. The lowest BCUT2D eigenvalue weighted by atomic mass is 9.93. The third-order valence-corrected chi connectivity index (χ3v) is 4.31. The molecule has 1 aliphatic carbocycles. The molecule has 0 saturated carbocycles. The molecule has 7 nitrogen and oxygen atoms in total. The van der Waals surface area contributed by atoms with Gasteiger partial charge in [0.25, 0.3) is 5.91 Å². The van der Waals surface area contributed by atoms with Crippen molar-refractivity contribution in [1.82, 2.24) is 10.9 Å². The highest BCUT2D eigenvalue weighted by Gasteiger charge is 2.27. The van der Waals surface area contributed by atoms with Gasteiger partial charge >= 0.3 is 5.91 Å². The standard InChI is InChI=1S/C17H17ClN4O3/c1-9-14-12(3-2-4-13(14)25-15(9)17(24)20-19)21-22-16(23)10-5-7-11(18)8-6-10/h5-8H,2-4,19H2,1H3,(H,20,24)(H,22,23)/b21-12+. The first-order valence-corrected chi connectivity index (χ1v) is 8.15. The predicted molar refractivity (Wildman–Crippen MR) is 93.5 cm³/mol. The van der Waals surface area contributed by atoms with Crippen molar-refractivity contribution < 1.29 is 14.0 Å². The zero-order valence-electron chi connectivity index (χ0n) is 13.6. The van der Waals surface area contributed by atoms with Crippen LogP contribution in [0.2, 0.25) is 5.02 Å². The number of nitrogen functional groups attached to an aromatic ring is 1. The van der Waals surface area contributed by atoms with Gasteiger partial charge in [-0.3, -0.25) is 15.0 Å². The number of halogens is 1. The lowest BCUT2D eigenvalue weighted by Crippen LogP contribution is -2.30. The summed E-state index contributed by atoms with van der Waals surface area (Å²) in [6.07, 6.45) is 2.20. The van der Waals surface area contributed by atoms with Gasteiger partial charge in [-0.1, -0.05) is 11.6 Å². The van der Waals surface area contributed by atoms with E-state index in [1.807, 2.05) is 0 Å². The third kappa shape index (κ3) is 3.42. The molecule has 1 aromatic carbocycles. The van der Waals surface area contributed by atoms with Crippen LogP contribution in [0.5, 0.6) is 0 Å². The molecule has 8 heteroatoms. The van der Waals surface area contributed by atoms with Crippen molar-refractivity contribution in [3.8, 4) is 0 Å². The largest absolute Gasteiger partial charge is 0.455 e. The molecule has 2 aromatic rings. The minimum atomic E-state index is -0.489. The number of amides is 2. The maximum atomic E-state index is 12.2. The molecule has 0 saturated heterocycles. The average molecular weight is 361 g/mol. The van der Waals surface area contributed by atoms with Crippen LogP contribution in [0.3, 0.4) is 0 Å².